The average molecular weight is 270 g/mol. The smallest absolute Gasteiger partial charge is 0.240 e. The third kappa shape index (κ3) is 4.40. The van der Waals surface area contributed by atoms with E-state index >= 15 is 0 Å². The summed E-state index contributed by atoms with van der Waals surface area (Å²) in [5.41, 5.74) is 0.801. The molecule has 102 valence electrons. The molecule has 1 aromatic rings. The molecule has 4 nitrogen and oxygen atoms in total. The fraction of sp³-hybridized carbons (Fsp3) is 0.538. The van der Waals surface area contributed by atoms with Gasteiger partial charge in [0.2, 0.25) is 10.0 Å². The number of benzene rings is 1. The van der Waals surface area contributed by atoms with Crippen molar-refractivity contribution < 1.29 is 8.42 Å². The van der Waals surface area contributed by atoms with E-state index in [1.807, 2.05) is 32.9 Å². The van der Waals surface area contributed by atoms with Gasteiger partial charge in [-0.1, -0.05) is 39.0 Å². The Hall–Kier alpha value is -0.910. The molecule has 0 atom stereocenters. The average Bonchev–Trinajstić information content (AvgIpc) is 2.34. The first kappa shape index (κ1) is 15.1. The van der Waals surface area contributed by atoms with Crippen LogP contribution in [0, 0.1) is 5.92 Å². The summed E-state index contributed by atoms with van der Waals surface area (Å²) in [5.74, 6) is 0.292. The normalized spacial score (nSPS) is 12.0. The van der Waals surface area contributed by atoms with E-state index < -0.39 is 10.0 Å². The van der Waals surface area contributed by atoms with E-state index in [-0.39, 0.29) is 0 Å². The lowest BCUT2D eigenvalue weighted by atomic mass is 10.2. The zero-order valence-corrected chi connectivity index (χ0v) is 12.0. The molecule has 0 aliphatic heterocycles. The number of sulfonamides is 1. The molecule has 1 rings (SSSR count). The van der Waals surface area contributed by atoms with Crippen molar-refractivity contribution in [3.8, 4) is 0 Å². The van der Waals surface area contributed by atoms with Crippen LogP contribution in [0.15, 0.2) is 29.2 Å². The molecule has 0 unspecified atom stereocenters. The highest BCUT2D eigenvalue weighted by Gasteiger charge is 2.17. The van der Waals surface area contributed by atoms with Crippen LogP contribution in [0.1, 0.15) is 26.3 Å². The summed E-state index contributed by atoms with van der Waals surface area (Å²) >= 11 is 0. The van der Waals surface area contributed by atoms with Gasteiger partial charge in [0, 0.05) is 13.1 Å². The second-order valence-corrected chi connectivity index (χ2v) is 6.37. The number of nitrogens with one attached hydrogen (secondary N) is 2. The summed E-state index contributed by atoms with van der Waals surface area (Å²) in [5, 5.41) is 3.15. The highest BCUT2D eigenvalue weighted by molar-refractivity contribution is 7.89. The van der Waals surface area contributed by atoms with Crippen LogP contribution in [-0.2, 0) is 16.6 Å². The Bertz CT molecular complexity index is 470. The molecule has 0 fully saturated rings. The number of hydrogen-bond donors (Lipinski definition) is 2. The molecular formula is C13H22N2O2S. The van der Waals surface area contributed by atoms with Crippen LogP contribution >= 0.6 is 0 Å². The Morgan fingerprint density at radius 1 is 1.22 bits per heavy atom. The maximum Gasteiger partial charge on any atom is 0.240 e. The van der Waals surface area contributed by atoms with E-state index in [4.69, 9.17) is 0 Å². The fourth-order valence-corrected chi connectivity index (χ4v) is 2.98. The largest absolute Gasteiger partial charge is 0.313 e. The highest BCUT2D eigenvalue weighted by atomic mass is 32.2. The quantitative estimate of drug-likeness (QED) is 0.793. The summed E-state index contributed by atoms with van der Waals surface area (Å²) in [4.78, 5) is 0.367. The summed E-state index contributed by atoms with van der Waals surface area (Å²) < 4.78 is 27.0. The van der Waals surface area contributed by atoms with Gasteiger partial charge >= 0.3 is 0 Å². The van der Waals surface area contributed by atoms with E-state index in [0.717, 1.165) is 12.1 Å². The molecule has 0 bridgehead atoms. The predicted octanol–water partition coefficient (Wildman–Crippen LogP) is 1.73. The molecule has 5 heteroatoms. The molecule has 0 amide bonds. The van der Waals surface area contributed by atoms with Crippen molar-refractivity contribution >= 4 is 10.0 Å². The molecule has 0 saturated carbocycles. The lowest BCUT2D eigenvalue weighted by Gasteiger charge is -2.12. The predicted molar refractivity (Wildman–Crippen MR) is 73.8 cm³/mol. The molecule has 2 N–H and O–H groups in total. The molecule has 18 heavy (non-hydrogen) atoms. The van der Waals surface area contributed by atoms with Crippen LogP contribution in [0.5, 0.6) is 0 Å². The van der Waals surface area contributed by atoms with Crippen LogP contribution in [0.4, 0.5) is 0 Å². The summed E-state index contributed by atoms with van der Waals surface area (Å²) in [7, 11) is -3.41. The zero-order valence-electron chi connectivity index (χ0n) is 11.2. The minimum Gasteiger partial charge on any atom is -0.313 e. The SMILES string of the molecule is CCNCc1ccccc1S(=O)(=O)NCC(C)C. The van der Waals surface area contributed by atoms with Crippen LogP contribution in [0.25, 0.3) is 0 Å². The zero-order chi connectivity index (χ0) is 13.6. The molecule has 0 saturated heterocycles. The van der Waals surface area contributed by atoms with Crippen LogP contribution < -0.4 is 10.0 Å². The molecule has 0 aliphatic rings. The first-order valence-electron chi connectivity index (χ1n) is 6.25. The lowest BCUT2D eigenvalue weighted by molar-refractivity contribution is 0.558. The Labute approximate surface area is 110 Å². The Balaban J connectivity index is 2.93. The van der Waals surface area contributed by atoms with Crippen molar-refractivity contribution in [1.82, 2.24) is 10.0 Å². The first-order chi connectivity index (χ1) is 8.47. The third-order valence-corrected chi connectivity index (χ3v) is 4.03. The molecule has 1 aromatic carbocycles. The van der Waals surface area contributed by atoms with Crippen LogP contribution in [-0.4, -0.2) is 21.5 Å². The minimum absolute atomic E-state index is 0.292. The van der Waals surface area contributed by atoms with Gasteiger partial charge in [0.05, 0.1) is 4.90 Å². The Morgan fingerprint density at radius 3 is 2.50 bits per heavy atom. The standard InChI is InChI=1S/C13H22N2O2S/c1-4-14-10-12-7-5-6-8-13(12)18(16,17)15-9-11(2)3/h5-8,11,14-15H,4,9-10H2,1-3H3. The van der Waals surface area contributed by atoms with Gasteiger partial charge in [-0.2, -0.15) is 0 Å². The van der Waals surface area contributed by atoms with Gasteiger partial charge in [0.15, 0.2) is 0 Å². The van der Waals surface area contributed by atoms with Gasteiger partial charge in [0.25, 0.3) is 0 Å². The van der Waals surface area contributed by atoms with Gasteiger partial charge in [-0.15, -0.1) is 0 Å². The summed E-state index contributed by atoms with van der Waals surface area (Å²) in [6.07, 6.45) is 0. The second-order valence-electron chi connectivity index (χ2n) is 4.63. The van der Waals surface area contributed by atoms with E-state index in [2.05, 4.69) is 10.0 Å². The molecule has 0 aromatic heterocycles. The minimum atomic E-state index is -3.41. The van der Waals surface area contributed by atoms with Crippen molar-refractivity contribution in [2.45, 2.75) is 32.2 Å². The van der Waals surface area contributed by atoms with Gasteiger partial charge in [0.1, 0.15) is 0 Å². The third-order valence-electron chi connectivity index (χ3n) is 2.51. The Kier molecular flexibility index (Phi) is 5.78. The van der Waals surface area contributed by atoms with E-state index in [9.17, 15) is 8.42 Å². The molecule has 0 spiro atoms. The van der Waals surface area contributed by atoms with Crippen molar-refractivity contribution in [3.63, 3.8) is 0 Å². The van der Waals surface area contributed by atoms with Crippen LogP contribution in [0.2, 0.25) is 0 Å². The van der Waals surface area contributed by atoms with Crippen LogP contribution in [0.3, 0.4) is 0 Å². The maximum absolute atomic E-state index is 12.2. The molecule has 0 heterocycles. The fourth-order valence-electron chi connectivity index (χ4n) is 1.53. The summed E-state index contributed by atoms with van der Waals surface area (Å²) in [6.45, 7) is 7.79. The van der Waals surface area contributed by atoms with Gasteiger partial charge in [-0.25, -0.2) is 13.1 Å². The highest BCUT2D eigenvalue weighted by Crippen LogP contribution is 2.15. The second kappa shape index (κ2) is 6.87. The first-order valence-corrected chi connectivity index (χ1v) is 7.74. The maximum atomic E-state index is 12.2. The number of hydrogen-bond acceptors (Lipinski definition) is 3. The van der Waals surface area contributed by atoms with Crippen molar-refractivity contribution in [2.75, 3.05) is 13.1 Å². The Morgan fingerprint density at radius 2 is 1.89 bits per heavy atom. The number of rotatable bonds is 7. The van der Waals surface area contributed by atoms with Gasteiger partial charge in [-0.3, -0.25) is 0 Å². The van der Waals surface area contributed by atoms with E-state index in [1.54, 1.807) is 12.1 Å². The molecular weight excluding hydrogens is 248 g/mol. The van der Waals surface area contributed by atoms with Crippen molar-refractivity contribution in [1.29, 1.82) is 0 Å². The lowest BCUT2D eigenvalue weighted by Crippen LogP contribution is -2.29. The monoisotopic (exact) mass is 270 g/mol. The van der Waals surface area contributed by atoms with E-state index in [1.165, 1.54) is 0 Å². The van der Waals surface area contributed by atoms with E-state index in [0.29, 0.717) is 23.9 Å². The van der Waals surface area contributed by atoms with Gasteiger partial charge in [-0.05, 0) is 24.1 Å². The van der Waals surface area contributed by atoms with Crippen molar-refractivity contribution in [2.24, 2.45) is 5.92 Å². The molecule has 0 aliphatic carbocycles. The molecule has 0 radical (unpaired) electrons. The topological polar surface area (TPSA) is 58.2 Å². The summed E-state index contributed by atoms with van der Waals surface area (Å²) in [6, 6.07) is 7.09. The van der Waals surface area contributed by atoms with Gasteiger partial charge < -0.3 is 5.32 Å². The van der Waals surface area contributed by atoms with Crippen molar-refractivity contribution in [3.05, 3.63) is 29.8 Å².